The lowest BCUT2D eigenvalue weighted by Crippen LogP contribution is -2.50. The molecule has 0 aliphatic carbocycles. The van der Waals surface area contributed by atoms with Crippen molar-refractivity contribution in [1.82, 2.24) is 9.80 Å². The Morgan fingerprint density at radius 2 is 1.68 bits per heavy atom. The fourth-order valence-electron chi connectivity index (χ4n) is 2.66. The molecular formula is C17H16F2N2O4. The van der Waals surface area contributed by atoms with Gasteiger partial charge in [-0.1, -0.05) is 6.07 Å². The van der Waals surface area contributed by atoms with Crippen LogP contribution in [0.3, 0.4) is 0 Å². The zero-order valence-corrected chi connectivity index (χ0v) is 13.2. The van der Waals surface area contributed by atoms with Crippen LogP contribution in [0.25, 0.3) is 0 Å². The van der Waals surface area contributed by atoms with Crippen LogP contribution in [0.4, 0.5) is 8.78 Å². The third-order valence-electron chi connectivity index (χ3n) is 3.89. The molecule has 1 aromatic heterocycles. The SMILES string of the molecule is O=C(c1cccc(OC(F)F)c1)N1CCN(C(=O)c2ccco2)CC1. The minimum atomic E-state index is -2.94. The maximum Gasteiger partial charge on any atom is 0.387 e. The van der Waals surface area contributed by atoms with Gasteiger partial charge >= 0.3 is 6.61 Å². The van der Waals surface area contributed by atoms with Crippen molar-refractivity contribution in [2.45, 2.75) is 6.61 Å². The van der Waals surface area contributed by atoms with Crippen molar-refractivity contribution in [2.75, 3.05) is 26.2 Å². The number of alkyl halides is 2. The molecule has 3 rings (SSSR count). The highest BCUT2D eigenvalue weighted by Crippen LogP contribution is 2.18. The molecule has 2 amide bonds. The van der Waals surface area contributed by atoms with E-state index in [0.29, 0.717) is 26.2 Å². The molecular weight excluding hydrogens is 334 g/mol. The van der Waals surface area contributed by atoms with Gasteiger partial charge in [0, 0.05) is 31.7 Å². The third-order valence-corrected chi connectivity index (χ3v) is 3.89. The summed E-state index contributed by atoms with van der Waals surface area (Å²) in [7, 11) is 0. The lowest BCUT2D eigenvalue weighted by atomic mass is 10.1. The number of amides is 2. The van der Waals surface area contributed by atoms with E-state index >= 15 is 0 Å². The minimum absolute atomic E-state index is 0.0625. The predicted molar refractivity (Wildman–Crippen MR) is 83.6 cm³/mol. The Morgan fingerprint density at radius 3 is 2.28 bits per heavy atom. The Labute approximate surface area is 142 Å². The topological polar surface area (TPSA) is 63.0 Å². The van der Waals surface area contributed by atoms with Crippen LogP contribution in [0.5, 0.6) is 5.75 Å². The summed E-state index contributed by atoms with van der Waals surface area (Å²) in [6, 6.07) is 8.91. The number of piperazine rings is 1. The molecule has 2 heterocycles. The Kier molecular flexibility index (Phi) is 4.97. The third kappa shape index (κ3) is 3.96. The highest BCUT2D eigenvalue weighted by molar-refractivity contribution is 5.95. The van der Waals surface area contributed by atoms with Crippen LogP contribution in [-0.4, -0.2) is 54.4 Å². The number of furan rings is 1. The molecule has 1 aromatic carbocycles. The van der Waals surface area contributed by atoms with Gasteiger partial charge < -0.3 is 19.0 Å². The molecule has 6 nitrogen and oxygen atoms in total. The largest absolute Gasteiger partial charge is 0.459 e. The first-order valence-corrected chi connectivity index (χ1v) is 7.71. The predicted octanol–water partition coefficient (Wildman–Crippen LogP) is 2.48. The zero-order chi connectivity index (χ0) is 17.8. The highest BCUT2D eigenvalue weighted by atomic mass is 19.3. The van der Waals surface area contributed by atoms with E-state index in [1.807, 2.05) is 0 Å². The number of hydrogen-bond donors (Lipinski definition) is 0. The number of hydrogen-bond acceptors (Lipinski definition) is 4. The van der Waals surface area contributed by atoms with Crippen LogP contribution in [0.1, 0.15) is 20.9 Å². The molecule has 1 aliphatic heterocycles. The molecule has 0 spiro atoms. The van der Waals surface area contributed by atoms with Gasteiger partial charge in [0.05, 0.1) is 6.26 Å². The van der Waals surface area contributed by atoms with Crippen molar-refractivity contribution < 1.29 is 27.5 Å². The fraction of sp³-hybridized carbons (Fsp3) is 0.294. The average molecular weight is 350 g/mol. The Balaban J connectivity index is 1.61. The number of rotatable bonds is 4. The van der Waals surface area contributed by atoms with Crippen LogP contribution in [0.15, 0.2) is 47.1 Å². The van der Waals surface area contributed by atoms with Gasteiger partial charge in [-0.2, -0.15) is 8.78 Å². The standard InChI is InChI=1S/C17H16F2N2O4/c18-17(19)25-13-4-1-3-12(11-13)15(22)20-6-8-21(9-7-20)16(23)14-5-2-10-24-14/h1-5,10-11,17H,6-9H2. The number of carbonyl (C=O) groups excluding carboxylic acids is 2. The van der Waals surface area contributed by atoms with Crippen LogP contribution < -0.4 is 4.74 Å². The van der Waals surface area contributed by atoms with E-state index in [2.05, 4.69) is 4.74 Å². The molecule has 25 heavy (non-hydrogen) atoms. The highest BCUT2D eigenvalue weighted by Gasteiger charge is 2.26. The summed E-state index contributed by atoms with van der Waals surface area (Å²) in [5.74, 6) is -0.307. The molecule has 8 heteroatoms. The maximum atomic E-state index is 12.5. The number of ether oxygens (including phenoxy) is 1. The van der Waals surface area contributed by atoms with Crippen LogP contribution in [0, 0.1) is 0 Å². The Hall–Kier alpha value is -2.90. The second-order valence-electron chi connectivity index (χ2n) is 5.47. The van der Waals surface area contributed by atoms with Gasteiger partial charge in [-0.05, 0) is 30.3 Å². The zero-order valence-electron chi connectivity index (χ0n) is 13.2. The molecule has 0 atom stereocenters. The van der Waals surface area contributed by atoms with Crippen molar-refractivity contribution in [1.29, 1.82) is 0 Å². The first-order valence-electron chi connectivity index (χ1n) is 7.71. The van der Waals surface area contributed by atoms with Crippen molar-refractivity contribution >= 4 is 11.8 Å². The number of halogens is 2. The van der Waals surface area contributed by atoms with Gasteiger partial charge in [-0.25, -0.2) is 0 Å². The van der Waals surface area contributed by atoms with Gasteiger partial charge in [0.25, 0.3) is 11.8 Å². The second kappa shape index (κ2) is 7.33. The van der Waals surface area contributed by atoms with E-state index in [9.17, 15) is 18.4 Å². The molecule has 132 valence electrons. The van der Waals surface area contributed by atoms with E-state index in [4.69, 9.17) is 4.42 Å². The van der Waals surface area contributed by atoms with Gasteiger partial charge in [-0.15, -0.1) is 0 Å². The Morgan fingerprint density at radius 1 is 1.00 bits per heavy atom. The van der Waals surface area contributed by atoms with Crippen molar-refractivity contribution in [3.8, 4) is 5.75 Å². The molecule has 0 N–H and O–H groups in total. The first-order chi connectivity index (χ1) is 12.0. The summed E-state index contributed by atoms with van der Waals surface area (Å²) < 4.78 is 34.0. The minimum Gasteiger partial charge on any atom is -0.459 e. The quantitative estimate of drug-likeness (QED) is 0.850. The summed E-state index contributed by atoms with van der Waals surface area (Å²) in [6.45, 7) is -1.49. The van der Waals surface area contributed by atoms with Gasteiger partial charge in [-0.3, -0.25) is 9.59 Å². The van der Waals surface area contributed by atoms with Crippen molar-refractivity contribution in [3.05, 3.63) is 54.0 Å². The first kappa shape index (κ1) is 16.9. The lowest BCUT2D eigenvalue weighted by Gasteiger charge is -2.34. The molecule has 0 unspecified atom stereocenters. The summed E-state index contributed by atoms with van der Waals surface area (Å²) in [4.78, 5) is 27.9. The lowest BCUT2D eigenvalue weighted by molar-refractivity contribution is -0.0499. The van der Waals surface area contributed by atoms with E-state index in [1.54, 1.807) is 28.0 Å². The van der Waals surface area contributed by atoms with Gasteiger partial charge in [0.2, 0.25) is 0 Å². The van der Waals surface area contributed by atoms with Gasteiger partial charge in [0.1, 0.15) is 5.75 Å². The van der Waals surface area contributed by atoms with E-state index in [1.165, 1.54) is 24.5 Å². The van der Waals surface area contributed by atoms with E-state index in [0.717, 1.165) is 0 Å². The van der Waals surface area contributed by atoms with E-state index in [-0.39, 0.29) is 28.9 Å². The summed E-state index contributed by atoms with van der Waals surface area (Å²) in [5.41, 5.74) is 0.268. The molecule has 0 radical (unpaired) electrons. The smallest absolute Gasteiger partial charge is 0.387 e. The number of carbonyl (C=O) groups is 2. The number of nitrogens with zero attached hydrogens (tertiary/aromatic N) is 2. The fourth-order valence-corrected chi connectivity index (χ4v) is 2.66. The van der Waals surface area contributed by atoms with Crippen molar-refractivity contribution in [3.63, 3.8) is 0 Å². The summed E-state index contributed by atoms with van der Waals surface area (Å²) >= 11 is 0. The van der Waals surface area contributed by atoms with Crippen LogP contribution in [-0.2, 0) is 0 Å². The average Bonchev–Trinajstić information content (AvgIpc) is 3.15. The molecule has 0 saturated carbocycles. The van der Waals surface area contributed by atoms with Crippen molar-refractivity contribution in [2.24, 2.45) is 0 Å². The van der Waals surface area contributed by atoms with Crippen LogP contribution >= 0.6 is 0 Å². The Bertz CT molecular complexity index is 741. The second-order valence-corrected chi connectivity index (χ2v) is 5.47. The molecule has 1 saturated heterocycles. The van der Waals surface area contributed by atoms with Crippen LogP contribution in [0.2, 0.25) is 0 Å². The normalized spacial score (nSPS) is 14.7. The molecule has 1 fully saturated rings. The van der Waals surface area contributed by atoms with E-state index < -0.39 is 6.61 Å². The summed E-state index contributed by atoms with van der Waals surface area (Å²) in [6.07, 6.45) is 1.43. The monoisotopic (exact) mass is 350 g/mol. The summed E-state index contributed by atoms with van der Waals surface area (Å²) in [5, 5.41) is 0. The molecule has 1 aliphatic rings. The number of benzene rings is 1. The maximum absolute atomic E-state index is 12.5. The van der Waals surface area contributed by atoms with Gasteiger partial charge in [0.15, 0.2) is 5.76 Å². The molecule has 0 bridgehead atoms. The molecule has 2 aromatic rings.